The molecule has 0 heterocycles. The van der Waals surface area contributed by atoms with Crippen LogP contribution in [-0.2, 0) is 0 Å². The summed E-state index contributed by atoms with van der Waals surface area (Å²) in [5, 5.41) is 14.5. The van der Waals surface area contributed by atoms with E-state index < -0.39 is 10.8 Å². The summed E-state index contributed by atoms with van der Waals surface area (Å²) in [4.78, 5) is 22.0. The van der Waals surface area contributed by atoms with E-state index in [2.05, 4.69) is 10.5 Å². The Labute approximate surface area is 119 Å². The Morgan fingerprint density at radius 2 is 1.86 bits per heavy atom. The van der Waals surface area contributed by atoms with E-state index in [9.17, 15) is 19.3 Å². The van der Waals surface area contributed by atoms with Crippen molar-refractivity contribution in [2.45, 2.75) is 0 Å². The molecule has 0 spiro atoms. The smallest absolute Gasteiger partial charge is 0.267 e. The molecule has 0 bridgehead atoms. The van der Waals surface area contributed by atoms with E-state index in [0.29, 0.717) is 5.56 Å². The van der Waals surface area contributed by atoms with Crippen molar-refractivity contribution in [3.8, 4) is 0 Å². The minimum Gasteiger partial charge on any atom is -0.267 e. The van der Waals surface area contributed by atoms with Gasteiger partial charge < -0.3 is 0 Å². The van der Waals surface area contributed by atoms with E-state index in [0.717, 1.165) is 0 Å². The zero-order chi connectivity index (χ0) is 15.2. The molecule has 0 aromatic heterocycles. The molecule has 0 radical (unpaired) electrons. The van der Waals surface area contributed by atoms with Crippen molar-refractivity contribution in [2.24, 2.45) is 5.10 Å². The lowest BCUT2D eigenvalue weighted by atomic mass is 10.2. The number of halogens is 1. The number of hydrogen-bond acceptors (Lipinski definition) is 4. The largest absolute Gasteiger partial charge is 0.282 e. The molecule has 7 heteroatoms. The fourth-order valence-electron chi connectivity index (χ4n) is 1.60. The van der Waals surface area contributed by atoms with Crippen LogP contribution in [0.2, 0.25) is 0 Å². The minimum absolute atomic E-state index is 0.0845. The van der Waals surface area contributed by atoms with Crippen LogP contribution in [0.15, 0.2) is 53.6 Å². The number of hydrazone groups is 1. The van der Waals surface area contributed by atoms with Gasteiger partial charge in [-0.2, -0.15) is 5.10 Å². The Hall–Kier alpha value is -3.09. The van der Waals surface area contributed by atoms with Gasteiger partial charge in [-0.3, -0.25) is 14.9 Å². The van der Waals surface area contributed by atoms with Crippen LogP contribution in [0.25, 0.3) is 0 Å². The molecule has 0 saturated heterocycles. The Balaban J connectivity index is 2.08. The molecule has 0 unspecified atom stereocenters. The van der Waals surface area contributed by atoms with Crippen molar-refractivity contribution < 1.29 is 14.1 Å². The van der Waals surface area contributed by atoms with Gasteiger partial charge >= 0.3 is 0 Å². The van der Waals surface area contributed by atoms with Crippen LogP contribution in [0, 0.1) is 15.9 Å². The fourth-order valence-corrected chi connectivity index (χ4v) is 1.60. The number of carbonyl (C=O) groups excluding carboxylic acids is 1. The van der Waals surface area contributed by atoms with E-state index in [4.69, 9.17) is 0 Å². The number of carbonyl (C=O) groups is 1. The van der Waals surface area contributed by atoms with Crippen molar-refractivity contribution in [2.75, 3.05) is 0 Å². The van der Waals surface area contributed by atoms with E-state index in [1.54, 1.807) is 0 Å². The molecule has 0 aliphatic heterocycles. The zero-order valence-electron chi connectivity index (χ0n) is 10.7. The molecular formula is C14H10FN3O3. The van der Waals surface area contributed by atoms with Gasteiger partial charge in [0.2, 0.25) is 0 Å². The predicted molar refractivity (Wildman–Crippen MR) is 74.6 cm³/mol. The predicted octanol–water partition coefficient (Wildman–Crippen LogP) is 2.50. The molecule has 2 aromatic rings. The number of para-hydroxylation sites is 1. The molecule has 1 N–H and O–H groups in total. The van der Waals surface area contributed by atoms with Gasteiger partial charge in [0.15, 0.2) is 0 Å². The van der Waals surface area contributed by atoms with Crippen molar-refractivity contribution in [3.63, 3.8) is 0 Å². The molecule has 0 saturated carbocycles. The second kappa shape index (κ2) is 6.38. The lowest BCUT2D eigenvalue weighted by Gasteiger charge is -2.01. The van der Waals surface area contributed by atoms with Gasteiger partial charge in [0.1, 0.15) is 11.4 Å². The zero-order valence-corrected chi connectivity index (χ0v) is 10.7. The van der Waals surface area contributed by atoms with Crippen LogP contribution in [0.4, 0.5) is 10.1 Å². The highest BCUT2D eigenvalue weighted by Crippen LogP contribution is 2.17. The number of benzene rings is 2. The van der Waals surface area contributed by atoms with Gasteiger partial charge in [-0.1, -0.05) is 24.3 Å². The summed E-state index contributed by atoms with van der Waals surface area (Å²) in [6, 6.07) is 11.0. The average Bonchev–Trinajstić information content (AvgIpc) is 2.49. The van der Waals surface area contributed by atoms with Crippen LogP contribution in [0.5, 0.6) is 0 Å². The Morgan fingerprint density at radius 1 is 1.19 bits per heavy atom. The second-order valence-electron chi connectivity index (χ2n) is 4.02. The third-order valence-electron chi connectivity index (χ3n) is 2.60. The SMILES string of the molecule is O=C(N/N=C\c1ccc(F)cc1)c1ccccc1[N+](=O)[O-]. The van der Waals surface area contributed by atoms with Gasteiger partial charge in [-0.15, -0.1) is 0 Å². The van der Waals surface area contributed by atoms with Crippen LogP contribution in [0.3, 0.4) is 0 Å². The van der Waals surface area contributed by atoms with E-state index in [-0.39, 0.29) is 17.1 Å². The third-order valence-corrected chi connectivity index (χ3v) is 2.60. The van der Waals surface area contributed by atoms with E-state index in [1.165, 1.54) is 54.7 Å². The van der Waals surface area contributed by atoms with Crippen LogP contribution < -0.4 is 5.43 Å². The third kappa shape index (κ3) is 3.69. The number of nitro benzene ring substituents is 1. The molecule has 1 amide bonds. The summed E-state index contributed by atoms with van der Waals surface area (Å²) in [5.41, 5.74) is 2.39. The standard InChI is InChI=1S/C14H10FN3O3/c15-11-7-5-10(6-8-11)9-16-17-14(19)12-3-1-2-4-13(12)18(20)21/h1-9H,(H,17,19)/b16-9-. The average molecular weight is 287 g/mol. The first-order chi connectivity index (χ1) is 10.1. The van der Waals surface area contributed by atoms with Crippen LogP contribution >= 0.6 is 0 Å². The van der Waals surface area contributed by atoms with Gasteiger partial charge in [-0.25, -0.2) is 9.82 Å². The highest BCUT2D eigenvalue weighted by Gasteiger charge is 2.18. The highest BCUT2D eigenvalue weighted by atomic mass is 19.1. The summed E-state index contributed by atoms with van der Waals surface area (Å²) in [6.07, 6.45) is 1.31. The second-order valence-corrected chi connectivity index (χ2v) is 4.02. The maximum atomic E-state index is 12.7. The minimum atomic E-state index is -0.694. The Kier molecular flexibility index (Phi) is 4.35. The van der Waals surface area contributed by atoms with Crippen LogP contribution in [-0.4, -0.2) is 17.0 Å². The van der Waals surface area contributed by atoms with E-state index in [1.807, 2.05) is 0 Å². The normalized spacial score (nSPS) is 10.5. The molecule has 2 aromatic carbocycles. The lowest BCUT2D eigenvalue weighted by Crippen LogP contribution is -2.18. The topological polar surface area (TPSA) is 84.6 Å². The van der Waals surface area contributed by atoms with Gasteiger partial charge in [0.25, 0.3) is 11.6 Å². The molecule has 0 aliphatic carbocycles. The molecule has 21 heavy (non-hydrogen) atoms. The van der Waals surface area contributed by atoms with Crippen molar-refractivity contribution in [1.82, 2.24) is 5.43 Å². The number of nitrogens with one attached hydrogen (secondary N) is 1. The summed E-state index contributed by atoms with van der Waals surface area (Å²) in [6.45, 7) is 0. The summed E-state index contributed by atoms with van der Waals surface area (Å²) < 4.78 is 12.7. The monoisotopic (exact) mass is 287 g/mol. The van der Waals surface area contributed by atoms with Crippen molar-refractivity contribution in [1.29, 1.82) is 0 Å². The molecular weight excluding hydrogens is 277 g/mol. The number of hydrogen-bond donors (Lipinski definition) is 1. The Morgan fingerprint density at radius 3 is 2.52 bits per heavy atom. The molecule has 2 rings (SSSR count). The molecule has 0 atom stereocenters. The molecule has 6 nitrogen and oxygen atoms in total. The number of nitrogens with zero attached hydrogens (tertiary/aromatic N) is 2. The van der Waals surface area contributed by atoms with Gasteiger partial charge in [-0.05, 0) is 23.8 Å². The first-order valence-corrected chi connectivity index (χ1v) is 5.90. The van der Waals surface area contributed by atoms with Gasteiger partial charge in [0.05, 0.1) is 11.1 Å². The molecule has 0 fully saturated rings. The number of rotatable bonds is 4. The highest BCUT2D eigenvalue weighted by molar-refractivity contribution is 5.98. The molecule has 0 aliphatic rings. The summed E-state index contributed by atoms with van der Waals surface area (Å²) >= 11 is 0. The van der Waals surface area contributed by atoms with Crippen molar-refractivity contribution >= 4 is 17.8 Å². The van der Waals surface area contributed by atoms with E-state index >= 15 is 0 Å². The first-order valence-electron chi connectivity index (χ1n) is 5.90. The van der Waals surface area contributed by atoms with Gasteiger partial charge in [0, 0.05) is 6.07 Å². The van der Waals surface area contributed by atoms with Crippen LogP contribution in [0.1, 0.15) is 15.9 Å². The summed E-state index contributed by atoms with van der Waals surface area (Å²) in [5.74, 6) is -1.07. The maximum Gasteiger partial charge on any atom is 0.282 e. The quantitative estimate of drug-likeness (QED) is 0.532. The number of amides is 1. The number of nitro groups is 1. The summed E-state index contributed by atoms with van der Waals surface area (Å²) in [7, 11) is 0. The Bertz CT molecular complexity index is 699. The lowest BCUT2D eigenvalue weighted by molar-refractivity contribution is -0.385. The van der Waals surface area contributed by atoms with Crippen molar-refractivity contribution in [3.05, 3.63) is 75.6 Å². The fraction of sp³-hybridized carbons (Fsp3) is 0. The maximum absolute atomic E-state index is 12.7. The first kappa shape index (κ1) is 14.3. The molecule has 106 valence electrons.